The molecular formula is C26H34N4O3. The normalized spacial score (nSPS) is 19.8. The molecule has 1 saturated carbocycles. The van der Waals surface area contributed by atoms with Gasteiger partial charge in [-0.2, -0.15) is 5.10 Å². The van der Waals surface area contributed by atoms with Gasteiger partial charge in [0.1, 0.15) is 12.3 Å². The molecule has 3 heterocycles. The van der Waals surface area contributed by atoms with Crippen LogP contribution in [0.25, 0.3) is 10.9 Å². The number of carbonyl (C=O) groups excluding carboxylic acids is 1. The Hall–Kier alpha value is -2.80. The van der Waals surface area contributed by atoms with Crippen molar-refractivity contribution < 1.29 is 14.6 Å². The van der Waals surface area contributed by atoms with Gasteiger partial charge in [-0.25, -0.2) is 0 Å². The summed E-state index contributed by atoms with van der Waals surface area (Å²) in [4.78, 5) is 17.2. The van der Waals surface area contributed by atoms with Crippen LogP contribution in [0, 0.1) is 11.8 Å². The average Bonchev–Trinajstić information content (AvgIpc) is 3.58. The minimum Gasteiger partial charge on any atom is -0.494 e. The smallest absolute Gasteiger partial charge is 0.244 e. The number of nitrogens with zero attached hydrogens (tertiary/aromatic N) is 4. The van der Waals surface area contributed by atoms with Crippen LogP contribution in [-0.2, 0) is 11.3 Å². The molecule has 2 fully saturated rings. The zero-order valence-electron chi connectivity index (χ0n) is 19.8. The molecule has 1 aromatic carbocycles. The lowest BCUT2D eigenvalue weighted by atomic mass is 9.83. The molecule has 0 bridgehead atoms. The Morgan fingerprint density at radius 2 is 1.97 bits per heavy atom. The highest BCUT2D eigenvalue weighted by Gasteiger charge is 2.33. The number of benzene rings is 1. The molecule has 1 aromatic heterocycles. The number of hydrogen-bond acceptors (Lipinski definition) is 5. The summed E-state index contributed by atoms with van der Waals surface area (Å²) in [5, 5.41) is 15.9. The zero-order chi connectivity index (χ0) is 23.2. The number of ether oxygens (including phenoxy) is 1. The highest BCUT2D eigenvalue weighted by atomic mass is 16.5. The molecule has 7 heteroatoms. The maximum absolute atomic E-state index is 12.9. The van der Waals surface area contributed by atoms with Crippen LogP contribution < -0.4 is 9.64 Å². The first-order chi connectivity index (χ1) is 15.8. The number of methoxy groups -OCH3 is 1. The third kappa shape index (κ3) is 4.51. The average molecular weight is 451 g/mol. The SMILES string of the molecule is COc1cc2nn(CC(=O)N3CCC(C(C)(C)O)CC3)cc2cc1N1CC=CC=C1C1CC1. The largest absolute Gasteiger partial charge is 0.494 e. The van der Waals surface area contributed by atoms with Gasteiger partial charge >= 0.3 is 0 Å². The van der Waals surface area contributed by atoms with Crippen LogP contribution >= 0.6 is 0 Å². The fraction of sp³-hybridized carbons (Fsp3) is 0.538. The van der Waals surface area contributed by atoms with Gasteiger partial charge in [0, 0.05) is 43.0 Å². The Morgan fingerprint density at radius 3 is 2.64 bits per heavy atom. The fourth-order valence-electron chi connectivity index (χ4n) is 5.12. The van der Waals surface area contributed by atoms with E-state index in [1.165, 1.54) is 18.5 Å². The fourth-order valence-corrected chi connectivity index (χ4v) is 5.12. The number of rotatable bonds is 6. The zero-order valence-corrected chi connectivity index (χ0v) is 19.8. The molecule has 3 aliphatic rings. The van der Waals surface area contributed by atoms with Crippen LogP contribution in [0.1, 0.15) is 39.5 Å². The molecule has 176 valence electrons. The first-order valence-corrected chi connectivity index (χ1v) is 12.0. The quantitative estimate of drug-likeness (QED) is 0.726. The first-order valence-electron chi connectivity index (χ1n) is 12.0. The van der Waals surface area contributed by atoms with Crippen molar-refractivity contribution in [3.63, 3.8) is 0 Å². The van der Waals surface area contributed by atoms with E-state index in [-0.39, 0.29) is 18.4 Å². The van der Waals surface area contributed by atoms with E-state index in [4.69, 9.17) is 4.74 Å². The molecule has 2 aromatic rings. The minimum atomic E-state index is -0.690. The molecule has 1 saturated heterocycles. The summed E-state index contributed by atoms with van der Waals surface area (Å²) in [6.07, 6.45) is 12.6. The maximum Gasteiger partial charge on any atom is 0.244 e. The van der Waals surface area contributed by atoms with Gasteiger partial charge in [0.25, 0.3) is 0 Å². The van der Waals surface area contributed by atoms with E-state index >= 15 is 0 Å². The third-order valence-corrected chi connectivity index (χ3v) is 7.29. The van der Waals surface area contributed by atoms with E-state index in [0.29, 0.717) is 19.0 Å². The lowest BCUT2D eigenvalue weighted by Crippen LogP contribution is -2.45. The number of anilines is 1. The van der Waals surface area contributed by atoms with Crippen LogP contribution in [0.2, 0.25) is 0 Å². The van der Waals surface area contributed by atoms with Crippen LogP contribution in [0.5, 0.6) is 5.75 Å². The topological polar surface area (TPSA) is 70.8 Å². The Labute approximate surface area is 195 Å². The molecule has 0 unspecified atom stereocenters. The van der Waals surface area contributed by atoms with E-state index in [1.54, 1.807) is 11.8 Å². The number of aliphatic hydroxyl groups is 1. The number of carbonyl (C=O) groups is 1. The second-order valence-electron chi connectivity index (χ2n) is 10.1. The van der Waals surface area contributed by atoms with E-state index in [2.05, 4.69) is 34.3 Å². The van der Waals surface area contributed by atoms with E-state index in [1.807, 2.05) is 31.0 Å². The number of hydrogen-bond donors (Lipinski definition) is 1. The monoisotopic (exact) mass is 450 g/mol. The Balaban J connectivity index is 1.33. The minimum absolute atomic E-state index is 0.0734. The van der Waals surface area contributed by atoms with Gasteiger partial charge < -0.3 is 19.6 Å². The molecule has 0 atom stereocenters. The summed E-state index contributed by atoms with van der Waals surface area (Å²) in [5.74, 6) is 1.74. The highest BCUT2D eigenvalue weighted by Crippen LogP contribution is 2.44. The molecular weight excluding hydrogens is 416 g/mol. The molecule has 1 amide bonds. The van der Waals surface area contributed by atoms with Gasteiger partial charge in [-0.1, -0.05) is 12.2 Å². The van der Waals surface area contributed by atoms with Crippen molar-refractivity contribution >= 4 is 22.5 Å². The Bertz CT molecular complexity index is 1100. The van der Waals surface area contributed by atoms with Crippen molar-refractivity contribution in [2.24, 2.45) is 11.8 Å². The number of likely N-dealkylation sites (tertiary alicyclic amines) is 1. The maximum atomic E-state index is 12.9. The van der Waals surface area contributed by atoms with Crippen molar-refractivity contribution in [3.8, 4) is 5.75 Å². The van der Waals surface area contributed by atoms with Crippen LogP contribution in [0.4, 0.5) is 5.69 Å². The molecule has 0 radical (unpaired) electrons. The molecule has 7 nitrogen and oxygen atoms in total. The van der Waals surface area contributed by atoms with Crippen LogP contribution in [0.15, 0.2) is 42.3 Å². The van der Waals surface area contributed by atoms with Crippen molar-refractivity contribution in [1.82, 2.24) is 14.7 Å². The molecule has 1 N–H and O–H groups in total. The van der Waals surface area contributed by atoms with Crippen LogP contribution in [0.3, 0.4) is 0 Å². The summed E-state index contributed by atoms with van der Waals surface area (Å²) in [6.45, 7) is 6.14. The number of allylic oxidation sites excluding steroid dienone is 3. The predicted molar refractivity (Wildman–Crippen MR) is 129 cm³/mol. The van der Waals surface area contributed by atoms with Gasteiger partial charge in [0.05, 0.1) is 23.9 Å². The Kier molecular flexibility index (Phi) is 5.69. The number of piperidine rings is 1. The lowest BCUT2D eigenvalue weighted by molar-refractivity contribution is -0.134. The van der Waals surface area contributed by atoms with Crippen molar-refractivity contribution in [2.45, 2.75) is 51.7 Å². The summed E-state index contributed by atoms with van der Waals surface area (Å²) >= 11 is 0. The van der Waals surface area contributed by atoms with Crippen molar-refractivity contribution in [2.75, 3.05) is 31.6 Å². The standard InChI is InChI=1S/C26H34N4O3/c1-26(2,32)20-9-12-28(13-10-20)25(31)17-29-16-19-14-23(24(33-3)15-21(19)27-29)30-11-5-4-6-22(30)18-7-8-18/h4-6,14-16,18,20,32H,7-13,17H2,1-3H3. The lowest BCUT2D eigenvalue weighted by Gasteiger charge is -2.37. The summed E-state index contributed by atoms with van der Waals surface area (Å²) in [6, 6.07) is 4.11. The van der Waals surface area contributed by atoms with E-state index in [0.717, 1.165) is 41.7 Å². The van der Waals surface area contributed by atoms with Gasteiger partial charge in [-0.3, -0.25) is 9.48 Å². The molecule has 5 rings (SSSR count). The Morgan fingerprint density at radius 1 is 1.21 bits per heavy atom. The summed E-state index contributed by atoms with van der Waals surface area (Å²) < 4.78 is 7.48. The van der Waals surface area contributed by atoms with Crippen LogP contribution in [-0.4, -0.2) is 58.0 Å². The molecule has 33 heavy (non-hydrogen) atoms. The summed E-state index contributed by atoms with van der Waals surface area (Å²) in [7, 11) is 1.70. The van der Waals surface area contributed by atoms with E-state index in [9.17, 15) is 9.90 Å². The molecule has 1 aliphatic carbocycles. The molecule has 2 aliphatic heterocycles. The second-order valence-corrected chi connectivity index (χ2v) is 10.1. The number of fused-ring (bicyclic) bond motifs is 1. The van der Waals surface area contributed by atoms with Gasteiger partial charge in [0.2, 0.25) is 5.91 Å². The summed E-state index contributed by atoms with van der Waals surface area (Å²) in [5.41, 5.74) is 2.54. The number of amides is 1. The van der Waals surface area contributed by atoms with Crippen molar-refractivity contribution in [1.29, 1.82) is 0 Å². The van der Waals surface area contributed by atoms with Gasteiger partial charge in [-0.15, -0.1) is 0 Å². The highest BCUT2D eigenvalue weighted by molar-refractivity contribution is 5.87. The predicted octanol–water partition coefficient (Wildman–Crippen LogP) is 3.72. The first kappa shape index (κ1) is 22.0. The second kappa shape index (κ2) is 8.52. The van der Waals surface area contributed by atoms with Gasteiger partial charge in [0.15, 0.2) is 0 Å². The number of aromatic nitrogens is 2. The van der Waals surface area contributed by atoms with Crippen molar-refractivity contribution in [3.05, 3.63) is 42.3 Å². The van der Waals surface area contributed by atoms with Gasteiger partial charge in [-0.05, 0) is 63.5 Å². The molecule has 0 spiro atoms. The van der Waals surface area contributed by atoms with E-state index < -0.39 is 5.60 Å². The third-order valence-electron chi connectivity index (χ3n) is 7.29.